The summed E-state index contributed by atoms with van der Waals surface area (Å²) in [4.78, 5) is 29.5. The lowest BCUT2D eigenvalue weighted by Crippen LogP contribution is -2.49. The van der Waals surface area contributed by atoms with E-state index >= 15 is 0 Å². The Morgan fingerprint density at radius 1 is 1.06 bits per heavy atom. The van der Waals surface area contributed by atoms with E-state index in [1.807, 2.05) is 36.4 Å². The SMILES string of the molecule is CCN(CC)c1ccc(NC(=O)N(C(=O)OCCCCl)C2CCc3ccccc3C2)cc1. The lowest BCUT2D eigenvalue weighted by molar-refractivity contribution is 0.0975. The van der Waals surface area contributed by atoms with Gasteiger partial charge in [0, 0.05) is 36.4 Å². The standard InChI is InChI=1S/C25H32ClN3O3/c1-3-28(4-2)22-14-11-21(12-15-22)27-24(30)29(25(31)32-17-7-16-26)23-13-10-19-8-5-6-9-20(19)18-23/h5-6,8-9,11-12,14-15,23H,3-4,7,10,13,16-18H2,1-2H3,(H,27,30). The number of amides is 3. The molecule has 1 unspecified atom stereocenters. The number of ether oxygens (including phenoxy) is 1. The smallest absolute Gasteiger partial charge is 0.418 e. The molecule has 0 saturated heterocycles. The third kappa shape index (κ3) is 5.94. The quantitative estimate of drug-likeness (QED) is 0.408. The number of nitrogens with zero attached hydrogens (tertiary/aromatic N) is 2. The Kier molecular flexibility index (Phi) is 8.80. The lowest BCUT2D eigenvalue weighted by atomic mass is 9.88. The first-order chi connectivity index (χ1) is 15.6. The normalized spacial score (nSPS) is 14.9. The van der Waals surface area contributed by atoms with Crippen molar-refractivity contribution in [3.8, 4) is 0 Å². The zero-order valence-electron chi connectivity index (χ0n) is 18.9. The van der Waals surface area contributed by atoms with E-state index < -0.39 is 12.1 Å². The molecule has 3 amide bonds. The fraction of sp³-hybridized carbons (Fsp3) is 0.440. The van der Waals surface area contributed by atoms with E-state index in [1.165, 1.54) is 16.0 Å². The van der Waals surface area contributed by atoms with E-state index in [2.05, 4.69) is 36.2 Å². The van der Waals surface area contributed by atoms with Crippen LogP contribution in [0.4, 0.5) is 21.0 Å². The topological polar surface area (TPSA) is 61.9 Å². The lowest BCUT2D eigenvalue weighted by Gasteiger charge is -2.33. The maximum absolute atomic E-state index is 13.2. The van der Waals surface area contributed by atoms with Gasteiger partial charge < -0.3 is 15.0 Å². The number of halogens is 1. The summed E-state index contributed by atoms with van der Waals surface area (Å²) in [6.07, 6.45) is 2.06. The van der Waals surface area contributed by atoms with Crippen LogP contribution in [0.5, 0.6) is 0 Å². The van der Waals surface area contributed by atoms with Crippen LogP contribution in [-0.2, 0) is 17.6 Å². The molecule has 0 aliphatic heterocycles. The highest BCUT2D eigenvalue weighted by molar-refractivity contribution is 6.17. The molecule has 0 bridgehead atoms. The number of hydrogen-bond acceptors (Lipinski definition) is 4. The van der Waals surface area contributed by atoms with E-state index in [9.17, 15) is 9.59 Å². The van der Waals surface area contributed by atoms with E-state index in [4.69, 9.17) is 16.3 Å². The minimum absolute atomic E-state index is 0.188. The number of fused-ring (bicyclic) bond motifs is 1. The molecule has 32 heavy (non-hydrogen) atoms. The molecule has 0 saturated carbocycles. The number of carbonyl (C=O) groups is 2. The zero-order chi connectivity index (χ0) is 22.9. The summed E-state index contributed by atoms with van der Waals surface area (Å²) in [6.45, 7) is 6.22. The number of rotatable bonds is 8. The van der Waals surface area contributed by atoms with Crippen molar-refractivity contribution < 1.29 is 14.3 Å². The molecule has 0 aromatic heterocycles. The monoisotopic (exact) mass is 457 g/mol. The van der Waals surface area contributed by atoms with Crippen LogP contribution in [-0.4, -0.2) is 48.6 Å². The van der Waals surface area contributed by atoms with Crippen LogP contribution < -0.4 is 10.2 Å². The van der Waals surface area contributed by atoms with Crippen LogP contribution in [0.25, 0.3) is 0 Å². The van der Waals surface area contributed by atoms with Gasteiger partial charge in [-0.15, -0.1) is 11.6 Å². The van der Waals surface area contributed by atoms with Gasteiger partial charge in [0.1, 0.15) is 0 Å². The molecule has 3 rings (SSSR count). The molecule has 2 aromatic rings. The molecule has 0 heterocycles. The van der Waals surface area contributed by atoms with E-state index in [1.54, 1.807) is 0 Å². The van der Waals surface area contributed by atoms with Gasteiger partial charge in [-0.2, -0.15) is 0 Å². The average molecular weight is 458 g/mol. The molecule has 2 aromatic carbocycles. The largest absolute Gasteiger partial charge is 0.449 e. The highest BCUT2D eigenvalue weighted by atomic mass is 35.5. The van der Waals surface area contributed by atoms with Gasteiger partial charge in [-0.1, -0.05) is 24.3 Å². The molecule has 7 heteroatoms. The van der Waals surface area contributed by atoms with Crippen LogP contribution in [0.2, 0.25) is 0 Å². The first-order valence-corrected chi connectivity index (χ1v) is 11.9. The third-order valence-corrected chi connectivity index (χ3v) is 6.12. The molecule has 0 fully saturated rings. The molecule has 6 nitrogen and oxygen atoms in total. The van der Waals surface area contributed by atoms with Crippen LogP contribution in [0.15, 0.2) is 48.5 Å². The number of anilines is 2. The van der Waals surface area contributed by atoms with Gasteiger partial charge in [0.2, 0.25) is 0 Å². The predicted molar refractivity (Wildman–Crippen MR) is 130 cm³/mol. The zero-order valence-corrected chi connectivity index (χ0v) is 19.6. The summed E-state index contributed by atoms with van der Waals surface area (Å²) in [5.74, 6) is 0.398. The minimum Gasteiger partial charge on any atom is -0.449 e. The minimum atomic E-state index is -0.628. The first-order valence-electron chi connectivity index (χ1n) is 11.3. The van der Waals surface area contributed by atoms with Crippen LogP contribution in [0.3, 0.4) is 0 Å². The molecular formula is C25H32ClN3O3. The fourth-order valence-corrected chi connectivity index (χ4v) is 4.22. The third-order valence-electron chi connectivity index (χ3n) is 5.85. The number of aryl methyl sites for hydroxylation is 1. The van der Waals surface area contributed by atoms with Crippen molar-refractivity contribution in [3.63, 3.8) is 0 Å². The Morgan fingerprint density at radius 3 is 2.41 bits per heavy atom. The van der Waals surface area contributed by atoms with Crippen molar-refractivity contribution in [2.24, 2.45) is 0 Å². The Balaban J connectivity index is 1.75. The van der Waals surface area contributed by atoms with Crippen molar-refractivity contribution in [1.82, 2.24) is 4.90 Å². The number of alkyl halides is 1. The number of benzene rings is 2. The summed E-state index contributed by atoms with van der Waals surface area (Å²) in [5.41, 5.74) is 4.17. The first kappa shape index (κ1) is 23.9. The van der Waals surface area contributed by atoms with Crippen molar-refractivity contribution in [2.75, 3.05) is 35.8 Å². The van der Waals surface area contributed by atoms with Gasteiger partial charge >= 0.3 is 12.1 Å². The van der Waals surface area contributed by atoms with Gasteiger partial charge in [-0.05, 0) is 74.9 Å². The summed E-state index contributed by atoms with van der Waals surface area (Å²) in [5, 5.41) is 2.88. The molecule has 1 aliphatic carbocycles. The van der Waals surface area contributed by atoms with Gasteiger partial charge in [0.25, 0.3) is 0 Å². The molecule has 0 spiro atoms. The second kappa shape index (κ2) is 11.8. The van der Waals surface area contributed by atoms with Gasteiger partial charge in [0.05, 0.1) is 6.61 Å². The summed E-state index contributed by atoms with van der Waals surface area (Å²) in [6, 6.07) is 15.1. The van der Waals surface area contributed by atoms with Crippen LogP contribution in [0.1, 0.15) is 37.8 Å². The molecule has 1 atom stereocenters. The predicted octanol–water partition coefficient (Wildman–Crippen LogP) is 5.69. The molecule has 1 N–H and O–H groups in total. The average Bonchev–Trinajstić information content (AvgIpc) is 2.81. The second-order valence-electron chi connectivity index (χ2n) is 7.84. The Labute approximate surface area is 195 Å². The van der Waals surface area contributed by atoms with Gasteiger partial charge in [-0.3, -0.25) is 0 Å². The molecular weight excluding hydrogens is 426 g/mol. The van der Waals surface area contributed by atoms with Crippen LogP contribution in [0, 0.1) is 0 Å². The summed E-state index contributed by atoms with van der Waals surface area (Å²) >= 11 is 5.71. The Bertz CT molecular complexity index is 900. The van der Waals surface area contributed by atoms with Crippen molar-refractivity contribution in [1.29, 1.82) is 0 Å². The molecule has 172 valence electrons. The van der Waals surface area contributed by atoms with E-state index in [-0.39, 0.29) is 12.6 Å². The number of nitrogens with one attached hydrogen (secondary N) is 1. The van der Waals surface area contributed by atoms with Crippen molar-refractivity contribution in [3.05, 3.63) is 59.7 Å². The summed E-state index contributed by atoms with van der Waals surface area (Å²) < 4.78 is 5.36. The maximum Gasteiger partial charge on any atom is 0.418 e. The number of hydrogen-bond donors (Lipinski definition) is 1. The number of imide groups is 1. The van der Waals surface area contributed by atoms with E-state index in [0.29, 0.717) is 30.8 Å². The fourth-order valence-electron chi connectivity index (χ4n) is 4.11. The van der Waals surface area contributed by atoms with Crippen LogP contribution >= 0.6 is 11.6 Å². The summed E-state index contributed by atoms with van der Waals surface area (Å²) in [7, 11) is 0. The second-order valence-corrected chi connectivity index (χ2v) is 8.22. The van der Waals surface area contributed by atoms with Gasteiger partial charge in [0.15, 0.2) is 0 Å². The highest BCUT2D eigenvalue weighted by Gasteiger charge is 2.33. The number of urea groups is 1. The highest BCUT2D eigenvalue weighted by Crippen LogP contribution is 2.26. The Hall–Kier alpha value is -2.73. The van der Waals surface area contributed by atoms with Crippen molar-refractivity contribution >= 4 is 35.1 Å². The van der Waals surface area contributed by atoms with E-state index in [0.717, 1.165) is 25.2 Å². The Morgan fingerprint density at radius 2 is 1.75 bits per heavy atom. The number of carbonyl (C=O) groups excluding carboxylic acids is 2. The molecule has 0 radical (unpaired) electrons. The van der Waals surface area contributed by atoms with Gasteiger partial charge in [-0.25, -0.2) is 14.5 Å². The maximum atomic E-state index is 13.2. The van der Waals surface area contributed by atoms with Crippen molar-refractivity contribution in [2.45, 2.75) is 45.6 Å². The molecule has 1 aliphatic rings.